The second kappa shape index (κ2) is 10.6. The smallest absolute Gasteiger partial charge is 0.275 e. The number of phenols is 1. The van der Waals surface area contributed by atoms with E-state index in [-0.39, 0.29) is 22.2 Å². The van der Waals surface area contributed by atoms with E-state index in [9.17, 15) is 9.90 Å². The van der Waals surface area contributed by atoms with Crippen LogP contribution in [-0.2, 0) is 5.54 Å². The van der Waals surface area contributed by atoms with Crippen molar-refractivity contribution in [1.82, 2.24) is 5.01 Å². The van der Waals surface area contributed by atoms with Crippen LogP contribution in [0.4, 0.5) is 11.4 Å². The van der Waals surface area contributed by atoms with Crippen molar-refractivity contribution in [3.8, 4) is 17.2 Å². The monoisotopic (exact) mass is 600 g/mol. The number of carbonyl (C=O) groups is 1. The van der Waals surface area contributed by atoms with E-state index in [0.717, 1.165) is 52.3 Å². The van der Waals surface area contributed by atoms with Gasteiger partial charge in [-0.05, 0) is 69.2 Å². The number of ether oxygens (including phenoxy) is 1. The molecule has 0 unspecified atom stereocenters. The van der Waals surface area contributed by atoms with E-state index in [2.05, 4.69) is 22.8 Å². The van der Waals surface area contributed by atoms with Crippen LogP contribution >= 0.6 is 23.2 Å². The number of benzene rings is 4. The molecule has 0 atom stereocenters. The lowest BCUT2D eigenvalue weighted by atomic mass is 9.74. The second-order valence-electron chi connectivity index (χ2n) is 10.4. The first-order valence-electron chi connectivity index (χ1n) is 13.8. The molecule has 0 fully saturated rings. The molecule has 2 heterocycles. The summed E-state index contributed by atoms with van der Waals surface area (Å²) in [6.07, 6.45) is 1.42. The summed E-state index contributed by atoms with van der Waals surface area (Å²) in [5.74, 6) is 0.783. The number of hydrogen-bond acceptors (Lipinski definition) is 6. The zero-order valence-corrected chi connectivity index (χ0v) is 25.2. The SMILES string of the molecule is CCNc1cc2c(cc1C)C1(c3cc(C)c(NCC)cc3O2)c2ccccc2C(=O)N1N=Cc1cc(Cl)cc(Cl)c1O. The Morgan fingerprint density at radius 1 is 0.905 bits per heavy atom. The van der Waals surface area contributed by atoms with Crippen LogP contribution in [-0.4, -0.2) is 35.3 Å². The molecule has 6 rings (SSSR count). The van der Waals surface area contributed by atoms with Crippen molar-refractivity contribution < 1.29 is 14.6 Å². The van der Waals surface area contributed by atoms with Gasteiger partial charge in [0, 0.05) is 69.4 Å². The van der Waals surface area contributed by atoms with Crippen LogP contribution in [0.15, 0.2) is 65.8 Å². The minimum absolute atomic E-state index is 0.0922. The first kappa shape index (κ1) is 27.9. The molecule has 42 heavy (non-hydrogen) atoms. The highest BCUT2D eigenvalue weighted by molar-refractivity contribution is 6.36. The summed E-state index contributed by atoms with van der Waals surface area (Å²) in [4.78, 5) is 14.3. The molecular weight excluding hydrogens is 571 g/mol. The molecule has 0 aliphatic carbocycles. The molecule has 0 bridgehead atoms. The van der Waals surface area contributed by atoms with E-state index in [1.807, 2.05) is 64.1 Å². The van der Waals surface area contributed by atoms with Crippen molar-refractivity contribution in [2.45, 2.75) is 33.2 Å². The van der Waals surface area contributed by atoms with Gasteiger partial charge in [0.25, 0.3) is 5.91 Å². The number of hydrazone groups is 1. The maximum absolute atomic E-state index is 14.3. The molecule has 1 amide bonds. The Kier molecular flexibility index (Phi) is 7.03. The van der Waals surface area contributed by atoms with Crippen LogP contribution in [0.5, 0.6) is 17.2 Å². The molecule has 0 saturated carbocycles. The Labute approximate surface area is 254 Å². The number of aryl methyl sites for hydroxylation is 2. The third-order valence-electron chi connectivity index (χ3n) is 7.81. The lowest BCUT2D eigenvalue weighted by Crippen LogP contribution is -2.44. The van der Waals surface area contributed by atoms with Gasteiger partial charge in [-0.1, -0.05) is 41.4 Å². The summed E-state index contributed by atoms with van der Waals surface area (Å²) in [7, 11) is 0. The lowest BCUT2D eigenvalue weighted by molar-refractivity contribution is 0.0675. The molecule has 0 saturated heterocycles. The third-order valence-corrected chi connectivity index (χ3v) is 8.32. The topological polar surface area (TPSA) is 86.2 Å². The first-order valence-corrected chi connectivity index (χ1v) is 14.6. The predicted octanol–water partition coefficient (Wildman–Crippen LogP) is 8.07. The summed E-state index contributed by atoms with van der Waals surface area (Å²) >= 11 is 12.4. The molecule has 2 aliphatic heterocycles. The van der Waals surface area contributed by atoms with Gasteiger partial charge >= 0.3 is 0 Å². The fourth-order valence-electron chi connectivity index (χ4n) is 5.96. The minimum Gasteiger partial charge on any atom is -0.506 e. The highest BCUT2D eigenvalue weighted by Crippen LogP contribution is 2.59. The number of anilines is 2. The molecule has 4 aromatic carbocycles. The molecule has 2 aliphatic rings. The van der Waals surface area contributed by atoms with Crippen molar-refractivity contribution in [2.75, 3.05) is 23.7 Å². The Balaban J connectivity index is 1.69. The molecule has 7 nitrogen and oxygen atoms in total. The van der Waals surface area contributed by atoms with Gasteiger partial charge in [-0.25, -0.2) is 5.01 Å². The van der Waals surface area contributed by atoms with E-state index in [1.54, 1.807) is 6.07 Å². The largest absolute Gasteiger partial charge is 0.506 e. The van der Waals surface area contributed by atoms with Crippen molar-refractivity contribution in [2.24, 2.45) is 5.10 Å². The molecule has 9 heteroatoms. The van der Waals surface area contributed by atoms with Gasteiger partial charge in [0.15, 0.2) is 0 Å². The van der Waals surface area contributed by atoms with Gasteiger partial charge in [-0.15, -0.1) is 0 Å². The van der Waals surface area contributed by atoms with Gasteiger partial charge in [0.2, 0.25) is 0 Å². The van der Waals surface area contributed by atoms with E-state index >= 15 is 0 Å². The molecule has 3 N–H and O–H groups in total. The highest BCUT2D eigenvalue weighted by Gasteiger charge is 2.57. The van der Waals surface area contributed by atoms with Crippen molar-refractivity contribution in [3.63, 3.8) is 0 Å². The van der Waals surface area contributed by atoms with Gasteiger partial charge in [0.1, 0.15) is 22.8 Å². The number of nitrogens with one attached hydrogen (secondary N) is 2. The van der Waals surface area contributed by atoms with Crippen molar-refractivity contribution in [1.29, 1.82) is 0 Å². The standard InChI is InChI=1S/C33H30Cl2N4O3/c1-5-36-27-15-29-24(11-18(27)3)33(25-12-19(4)28(37-6-2)16-30(25)42-29)23-10-8-7-9-22(23)32(41)39(33)38-17-20-13-21(34)14-26(35)31(20)40/h7-17,36-37,40H,5-6H2,1-4H3. The van der Waals surface area contributed by atoms with Gasteiger partial charge in [0.05, 0.1) is 11.2 Å². The van der Waals surface area contributed by atoms with Crippen molar-refractivity contribution in [3.05, 3.63) is 110 Å². The van der Waals surface area contributed by atoms with Gasteiger partial charge < -0.3 is 20.5 Å². The van der Waals surface area contributed by atoms with Gasteiger partial charge in [-0.2, -0.15) is 5.10 Å². The zero-order valence-electron chi connectivity index (χ0n) is 23.7. The number of fused-ring (bicyclic) bond motifs is 6. The Morgan fingerprint density at radius 3 is 2.10 bits per heavy atom. The Morgan fingerprint density at radius 2 is 1.50 bits per heavy atom. The van der Waals surface area contributed by atoms with Crippen LogP contribution in [0.25, 0.3) is 0 Å². The number of halogens is 2. The summed E-state index contributed by atoms with van der Waals surface area (Å²) in [6.45, 7) is 9.64. The fraction of sp³-hybridized carbons (Fsp3) is 0.212. The Hall–Kier alpha value is -4.20. The first-order chi connectivity index (χ1) is 20.2. The maximum Gasteiger partial charge on any atom is 0.275 e. The number of nitrogens with zero attached hydrogens (tertiary/aromatic N) is 2. The zero-order chi connectivity index (χ0) is 29.8. The molecule has 1 spiro atoms. The highest BCUT2D eigenvalue weighted by atomic mass is 35.5. The summed E-state index contributed by atoms with van der Waals surface area (Å²) in [5.41, 5.74) is 5.92. The number of aromatic hydroxyl groups is 1. The van der Waals surface area contributed by atoms with Crippen LogP contribution < -0.4 is 15.4 Å². The number of rotatable bonds is 6. The summed E-state index contributed by atoms with van der Waals surface area (Å²) < 4.78 is 6.62. The quantitative estimate of drug-likeness (QED) is 0.195. The molecule has 0 radical (unpaired) electrons. The molecule has 4 aromatic rings. The fourth-order valence-corrected chi connectivity index (χ4v) is 6.47. The molecule has 0 aromatic heterocycles. The third kappa shape index (κ3) is 4.18. The minimum atomic E-state index is -1.16. The van der Waals surface area contributed by atoms with E-state index < -0.39 is 5.54 Å². The molecular formula is C33H30Cl2N4O3. The average Bonchev–Trinajstić information content (AvgIpc) is 3.20. The molecule has 214 valence electrons. The van der Waals surface area contributed by atoms with Gasteiger partial charge in [-0.3, -0.25) is 4.79 Å². The Bertz CT molecular complexity index is 1720. The number of carbonyl (C=O) groups excluding carboxylic acids is 1. The van der Waals surface area contributed by atoms with E-state index in [1.165, 1.54) is 17.3 Å². The van der Waals surface area contributed by atoms with Crippen LogP contribution in [0.2, 0.25) is 10.0 Å². The number of hydrogen-bond donors (Lipinski definition) is 3. The van der Waals surface area contributed by atoms with Crippen LogP contribution in [0.3, 0.4) is 0 Å². The lowest BCUT2D eigenvalue weighted by Gasteiger charge is -2.42. The van der Waals surface area contributed by atoms with E-state index in [0.29, 0.717) is 22.1 Å². The summed E-state index contributed by atoms with van der Waals surface area (Å²) in [6, 6.07) is 18.7. The maximum atomic E-state index is 14.3. The summed E-state index contributed by atoms with van der Waals surface area (Å²) in [5, 5.41) is 24.2. The number of amides is 1. The second-order valence-corrected chi connectivity index (χ2v) is 11.3. The number of phenolic OH excluding ortho intramolecular Hbond substituents is 1. The predicted molar refractivity (Wildman–Crippen MR) is 169 cm³/mol. The van der Waals surface area contributed by atoms with Crippen molar-refractivity contribution >= 4 is 46.7 Å². The van der Waals surface area contributed by atoms with Crippen LogP contribution in [0, 0.1) is 13.8 Å². The van der Waals surface area contributed by atoms with E-state index in [4.69, 9.17) is 33.0 Å². The van der Waals surface area contributed by atoms with Crippen LogP contribution in [0.1, 0.15) is 57.6 Å². The normalized spacial score (nSPS) is 14.5. The average molecular weight is 602 g/mol.